The molecule has 5 nitrogen and oxygen atoms in total. The van der Waals surface area contributed by atoms with Crippen LogP contribution in [0.5, 0.6) is 0 Å². The third-order valence-corrected chi connectivity index (χ3v) is 4.18. The van der Waals surface area contributed by atoms with Crippen molar-refractivity contribution in [3.8, 4) is 0 Å². The Hall–Kier alpha value is -2.61. The first-order chi connectivity index (χ1) is 12.1. The van der Waals surface area contributed by atoms with Crippen molar-refractivity contribution < 1.29 is 14.0 Å². The van der Waals surface area contributed by atoms with Gasteiger partial charge in [-0.3, -0.25) is 9.59 Å². The van der Waals surface area contributed by atoms with Crippen LogP contribution in [-0.4, -0.2) is 11.8 Å². The average Bonchev–Trinajstić information content (AvgIpc) is 3.13. The van der Waals surface area contributed by atoms with Gasteiger partial charge in [0.05, 0.1) is 24.1 Å². The van der Waals surface area contributed by atoms with E-state index in [2.05, 4.69) is 33.2 Å². The summed E-state index contributed by atoms with van der Waals surface area (Å²) in [6.45, 7) is 0.283. The predicted octanol–water partition coefficient (Wildman–Crippen LogP) is 4.07. The van der Waals surface area contributed by atoms with Crippen molar-refractivity contribution >= 4 is 40.1 Å². The molecule has 1 heterocycles. The Labute approximate surface area is 158 Å². The maximum absolute atomic E-state index is 12.4. The van der Waals surface area contributed by atoms with Gasteiger partial charge in [0.25, 0.3) is 11.8 Å². The quantitative estimate of drug-likeness (QED) is 0.581. The number of hydrogen-bond acceptors (Lipinski definition) is 3. The molecule has 0 spiro atoms. The second-order valence-electron chi connectivity index (χ2n) is 5.27. The number of halogens is 1. The van der Waals surface area contributed by atoms with Gasteiger partial charge in [0.1, 0.15) is 5.76 Å². The molecule has 0 fully saturated rings. The number of furan rings is 1. The van der Waals surface area contributed by atoms with Gasteiger partial charge in [-0.25, -0.2) is 0 Å². The maximum atomic E-state index is 12.4. The Kier molecular flexibility index (Phi) is 5.49. The molecule has 1 aromatic heterocycles. The van der Waals surface area contributed by atoms with Gasteiger partial charge in [-0.2, -0.15) is 0 Å². The lowest BCUT2D eigenvalue weighted by atomic mass is 10.1. The van der Waals surface area contributed by atoms with Crippen molar-refractivity contribution in [3.63, 3.8) is 0 Å². The van der Waals surface area contributed by atoms with Crippen LogP contribution in [0, 0.1) is 3.57 Å². The average molecular weight is 446 g/mol. The highest BCUT2D eigenvalue weighted by Crippen LogP contribution is 2.17. The molecule has 0 bridgehead atoms. The van der Waals surface area contributed by atoms with E-state index in [1.165, 1.54) is 0 Å². The van der Waals surface area contributed by atoms with Gasteiger partial charge in [-0.15, -0.1) is 0 Å². The van der Waals surface area contributed by atoms with Gasteiger partial charge in [0, 0.05) is 9.13 Å². The fraction of sp³-hybridized carbons (Fsp3) is 0.0526. The molecule has 6 heteroatoms. The summed E-state index contributed by atoms with van der Waals surface area (Å²) >= 11 is 2.15. The number of rotatable bonds is 5. The Morgan fingerprint density at radius 1 is 0.960 bits per heavy atom. The molecule has 0 aliphatic heterocycles. The fourth-order valence-electron chi connectivity index (χ4n) is 2.29. The van der Waals surface area contributed by atoms with Gasteiger partial charge in [0.15, 0.2) is 0 Å². The summed E-state index contributed by atoms with van der Waals surface area (Å²) in [6.07, 6.45) is 1.55. The van der Waals surface area contributed by atoms with E-state index in [0.717, 1.165) is 3.57 Å². The number of amides is 2. The zero-order valence-electron chi connectivity index (χ0n) is 13.2. The molecule has 0 aliphatic carbocycles. The number of benzene rings is 2. The predicted molar refractivity (Wildman–Crippen MR) is 103 cm³/mol. The summed E-state index contributed by atoms with van der Waals surface area (Å²) in [4.78, 5) is 24.9. The second kappa shape index (κ2) is 7.98. The van der Waals surface area contributed by atoms with Gasteiger partial charge in [0.2, 0.25) is 0 Å². The van der Waals surface area contributed by atoms with Crippen LogP contribution in [0.3, 0.4) is 0 Å². The van der Waals surface area contributed by atoms with E-state index in [-0.39, 0.29) is 18.4 Å². The summed E-state index contributed by atoms with van der Waals surface area (Å²) in [6, 6.07) is 17.7. The number of carbonyl (C=O) groups excluding carboxylic acids is 2. The van der Waals surface area contributed by atoms with Crippen molar-refractivity contribution in [2.45, 2.75) is 6.54 Å². The van der Waals surface area contributed by atoms with Crippen molar-refractivity contribution in [1.29, 1.82) is 0 Å². The Morgan fingerprint density at radius 3 is 2.56 bits per heavy atom. The second-order valence-corrected chi connectivity index (χ2v) is 6.52. The van der Waals surface area contributed by atoms with Crippen LogP contribution in [-0.2, 0) is 6.54 Å². The van der Waals surface area contributed by atoms with Gasteiger partial charge < -0.3 is 15.1 Å². The molecule has 0 radical (unpaired) electrons. The standard InChI is InChI=1S/C19H15IN2O3/c20-14-6-3-5-13(11-14)18(23)22-17-9-2-1-8-16(17)19(24)21-12-15-7-4-10-25-15/h1-11H,12H2,(H,21,24)(H,22,23). The molecular formula is C19H15IN2O3. The normalized spacial score (nSPS) is 10.3. The first-order valence-electron chi connectivity index (χ1n) is 7.60. The lowest BCUT2D eigenvalue weighted by Gasteiger charge is -2.11. The first kappa shape index (κ1) is 17.2. The van der Waals surface area contributed by atoms with Crippen LogP contribution in [0.1, 0.15) is 26.5 Å². The molecule has 2 amide bonds. The van der Waals surface area contributed by atoms with Crippen LogP contribution in [0.25, 0.3) is 0 Å². The monoisotopic (exact) mass is 446 g/mol. The number of nitrogens with one attached hydrogen (secondary N) is 2. The smallest absolute Gasteiger partial charge is 0.255 e. The van der Waals surface area contributed by atoms with Crippen LogP contribution >= 0.6 is 22.6 Å². The van der Waals surface area contributed by atoms with Crippen LogP contribution < -0.4 is 10.6 Å². The van der Waals surface area contributed by atoms with Gasteiger partial charge in [-0.1, -0.05) is 18.2 Å². The minimum absolute atomic E-state index is 0.259. The van der Waals surface area contributed by atoms with Crippen molar-refractivity contribution in [2.24, 2.45) is 0 Å². The lowest BCUT2D eigenvalue weighted by Crippen LogP contribution is -2.24. The Balaban J connectivity index is 1.74. The van der Waals surface area contributed by atoms with E-state index >= 15 is 0 Å². The largest absolute Gasteiger partial charge is 0.467 e. The van der Waals surface area contributed by atoms with E-state index in [9.17, 15) is 9.59 Å². The fourth-order valence-corrected chi connectivity index (χ4v) is 2.83. The zero-order valence-corrected chi connectivity index (χ0v) is 15.3. The highest BCUT2D eigenvalue weighted by Gasteiger charge is 2.14. The number of para-hydroxylation sites is 1. The van der Waals surface area contributed by atoms with Crippen molar-refractivity contribution in [1.82, 2.24) is 5.32 Å². The van der Waals surface area contributed by atoms with E-state index in [0.29, 0.717) is 22.6 Å². The van der Waals surface area contributed by atoms with Gasteiger partial charge in [-0.05, 0) is 65.1 Å². The molecule has 3 rings (SSSR count). The number of carbonyl (C=O) groups is 2. The molecule has 2 N–H and O–H groups in total. The zero-order chi connectivity index (χ0) is 17.6. The number of hydrogen-bond donors (Lipinski definition) is 2. The summed E-state index contributed by atoms with van der Waals surface area (Å²) in [5.74, 6) is 0.119. The van der Waals surface area contributed by atoms with Gasteiger partial charge >= 0.3 is 0 Å². The van der Waals surface area contributed by atoms with Crippen LogP contribution in [0.2, 0.25) is 0 Å². The molecule has 0 atom stereocenters. The lowest BCUT2D eigenvalue weighted by molar-refractivity contribution is 0.0949. The molecule has 0 unspecified atom stereocenters. The van der Waals surface area contributed by atoms with Crippen molar-refractivity contribution in [3.05, 3.63) is 87.4 Å². The molecular weight excluding hydrogens is 431 g/mol. The minimum Gasteiger partial charge on any atom is -0.467 e. The number of anilines is 1. The Morgan fingerprint density at radius 2 is 1.80 bits per heavy atom. The summed E-state index contributed by atoms with van der Waals surface area (Å²) in [5.41, 5.74) is 1.40. The molecule has 0 aliphatic rings. The van der Waals surface area contributed by atoms with Crippen LogP contribution in [0.15, 0.2) is 71.3 Å². The first-order valence-corrected chi connectivity index (χ1v) is 8.68. The van der Waals surface area contributed by atoms with E-state index in [1.54, 1.807) is 54.8 Å². The maximum Gasteiger partial charge on any atom is 0.255 e. The van der Waals surface area contributed by atoms with E-state index in [4.69, 9.17) is 4.42 Å². The molecule has 0 saturated heterocycles. The molecule has 2 aromatic carbocycles. The Bertz CT molecular complexity index is 891. The summed E-state index contributed by atoms with van der Waals surface area (Å²) in [5, 5.41) is 5.58. The summed E-state index contributed by atoms with van der Waals surface area (Å²) < 4.78 is 6.17. The highest BCUT2D eigenvalue weighted by molar-refractivity contribution is 14.1. The SMILES string of the molecule is O=C(Nc1ccccc1C(=O)NCc1ccco1)c1cccc(I)c1. The third kappa shape index (κ3) is 4.48. The van der Waals surface area contributed by atoms with Crippen molar-refractivity contribution in [2.75, 3.05) is 5.32 Å². The summed E-state index contributed by atoms with van der Waals surface area (Å²) in [7, 11) is 0. The minimum atomic E-state index is -0.282. The molecule has 25 heavy (non-hydrogen) atoms. The topological polar surface area (TPSA) is 71.3 Å². The van der Waals surface area contributed by atoms with Crippen LogP contribution in [0.4, 0.5) is 5.69 Å². The van der Waals surface area contributed by atoms with E-state index in [1.807, 2.05) is 12.1 Å². The highest BCUT2D eigenvalue weighted by atomic mass is 127. The molecule has 0 saturated carbocycles. The molecule has 126 valence electrons. The molecule has 3 aromatic rings. The van der Waals surface area contributed by atoms with E-state index < -0.39 is 0 Å². The third-order valence-electron chi connectivity index (χ3n) is 3.51.